The van der Waals surface area contributed by atoms with Gasteiger partial charge in [-0.05, 0) is 30.4 Å². The molecule has 140 valence electrons. The standard InChI is InChI=1S/C18H24ClN5OS/c1-11-6-5-9-15(12(11)2)21-16(25)10-26-18-23-22-17(24(18)20)13-7-3-4-8-14(13)19/h3-4,7-8,11-12,15H,5-6,9-10,20H2,1-2H3,(H,21,25)/t11-,12+,15+/m0/s1. The molecule has 0 bridgehead atoms. The normalized spacial score (nSPS) is 23.0. The lowest BCUT2D eigenvalue weighted by Crippen LogP contribution is -2.44. The first kappa shape index (κ1) is 19.0. The summed E-state index contributed by atoms with van der Waals surface area (Å²) >= 11 is 7.47. The third kappa shape index (κ3) is 4.15. The van der Waals surface area contributed by atoms with E-state index in [4.69, 9.17) is 17.4 Å². The fourth-order valence-electron chi connectivity index (χ4n) is 3.37. The summed E-state index contributed by atoms with van der Waals surface area (Å²) in [4.78, 5) is 12.3. The largest absolute Gasteiger partial charge is 0.352 e. The van der Waals surface area contributed by atoms with Crippen LogP contribution in [-0.2, 0) is 4.79 Å². The van der Waals surface area contributed by atoms with Crippen LogP contribution in [0.15, 0.2) is 29.4 Å². The van der Waals surface area contributed by atoms with E-state index in [0.29, 0.717) is 33.4 Å². The van der Waals surface area contributed by atoms with Crippen LogP contribution in [0.3, 0.4) is 0 Å². The molecule has 0 radical (unpaired) electrons. The molecule has 3 N–H and O–H groups in total. The summed E-state index contributed by atoms with van der Waals surface area (Å²) in [5, 5.41) is 12.4. The third-order valence-electron chi connectivity index (χ3n) is 5.16. The second-order valence-corrected chi connectivity index (χ2v) is 8.24. The maximum atomic E-state index is 12.3. The van der Waals surface area contributed by atoms with E-state index in [1.807, 2.05) is 18.2 Å². The van der Waals surface area contributed by atoms with Gasteiger partial charge in [-0.2, -0.15) is 0 Å². The number of thioether (sulfide) groups is 1. The number of hydrogen-bond donors (Lipinski definition) is 2. The van der Waals surface area contributed by atoms with Crippen molar-refractivity contribution in [1.82, 2.24) is 20.2 Å². The minimum atomic E-state index is 0.00300. The predicted octanol–water partition coefficient (Wildman–Crippen LogP) is 3.35. The van der Waals surface area contributed by atoms with Gasteiger partial charge >= 0.3 is 0 Å². The summed E-state index contributed by atoms with van der Waals surface area (Å²) in [7, 11) is 0. The molecule has 0 aliphatic heterocycles. The van der Waals surface area contributed by atoms with Gasteiger partial charge in [-0.25, -0.2) is 4.68 Å². The van der Waals surface area contributed by atoms with Crippen molar-refractivity contribution in [2.24, 2.45) is 11.8 Å². The first-order valence-electron chi connectivity index (χ1n) is 8.85. The van der Waals surface area contributed by atoms with Crippen molar-refractivity contribution in [1.29, 1.82) is 0 Å². The number of aromatic nitrogens is 3. The Kier molecular flexibility index (Phi) is 6.09. The Bertz CT molecular complexity index is 781. The number of rotatable bonds is 5. The zero-order valence-electron chi connectivity index (χ0n) is 15.0. The predicted molar refractivity (Wildman–Crippen MR) is 105 cm³/mol. The zero-order valence-corrected chi connectivity index (χ0v) is 16.6. The molecular formula is C18H24ClN5OS. The van der Waals surface area contributed by atoms with Gasteiger partial charge < -0.3 is 11.2 Å². The number of carbonyl (C=O) groups excluding carboxylic acids is 1. The van der Waals surface area contributed by atoms with Crippen LogP contribution in [-0.4, -0.2) is 32.6 Å². The summed E-state index contributed by atoms with van der Waals surface area (Å²) in [6, 6.07) is 7.57. The first-order valence-corrected chi connectivity index (χ1v) is 10.2. The summed E-state index contributed by atoms with van der Waals surface area (Å²) in [5.41, 5.74) is 0.713. The molecule has 1 aliphatic carbocycles. The molecule has 6 nitrogen and oxygen atoms in total. The molecule has 1 saturated carbocycles. The second kappa shape index (κ2) is 8.31. The third-order valence-corrected chi connectivity index (χ3v) is 6.44. The topological polar surface area (TPSA) is 85.8 Å². The number of nitrogens with zero attached hydrogens (tertiary/aromatic N) is 3. The molecule has 3 atom stereocenters. The van der Waals surface area contributed by atoms with Crippen molar-refractivity contribution in [3.8, 4) is 11.4 Å². The smallest absolute Gasteiger partial charge is 0.230 e. The van der Waals surface area contributed by atoms with Crippen LogP contribution in [0, 0.1) is 11.8 Å². The van der Waals surface area contributed by atoms with Crippen LogP contribution in [0.2, 0.25) is 5.02 Å². The maximum absolute atomic E-state index is 12.3. The van der Waals surface area contributed by atoms with Crippen molar-refractivity contribution >= 4 is 29.3 Å². The van der Waals surface area contributed by atoms with E-state index in [1.165, 1.54) is 29.3 Å². The fraction of sp³-hybridized carbons (Fsp3) is 0.500. The second-order valence-electron chi connectivity index (χ2n) is 6.89. The molecule has 1 aromatic heterocycles. The van der Waals surface area contributed by atoms with Gasteiger partial charge in [0.15, 0.2) is 5.82 Å². The van der Waals surface area contributed by atoms with Crippen molar-refractivity contribution in [2.45, 2.75) is 44.3 Å². The molecule has 26 heavy (non-hydrogen) atoms. The SMILES string of the molecule is C[C@@H]1[C@@H](C)CCC[C@H]1NC(=O)CSc1nnc(-c2ccccc2Cl)n1N. The van der Waals surface area contributed by atoms with Crippen molar-refractivity contribution in [3.05, 3.63) is 29.3 Å². The van der Waals surface area contributed by atoms with Crippen molar-refractivity contribution < 1.29 is 4.79 Å². The number of amides is 1. The van der Waals surface area contributed by atoms with Gasteiger partial charge in [0.1, 0.15) is 0 Å². The van der Waals surface area contributed by atoms with Gasteiger partial charge in [-0.1, -0.05) is 62.2 Å². The van der Waals surface area contributed by atoms with E-state index >= 15 is 0 Å². The Balaban J connectivity index is 1.60. The highest BCUT2D eigenvalue weighted by Gasteiger charge is 2.28. The molecule has 8 heteroatoms. The number of nitrogen functional groups attached to an aromatic ring is 1. The van der Waals surface area contributed by atoms with Gasteiger partial charge in [0.25, 0.3) is 0 Å². The van der Waals surface area contributed by atoms with Crippen LogP contribution in [0.1, 0.15) is 33.1 Å². The van der Waals surface area contributed by atoms with E-state index in [9.17, 15) is 4.79 Å². The molecule has 0 unspecified atom stereocenters. The average Bonchev–Trinajstić information content (AvgIpc) is 2.98. The number of halogens is 1. The number of hydrogen-bond acceptors (Lipinski definition) is 5. The molecule has 1 heterocycles. The van der Waals surface area contributed by atoms with Crippen LogP contribution in [0.4, 0.5) is 0 Å². The minimum Gasteiger partial charge on any atom is -0.352 e. The van der Waals surface area contributed by atoms with E-state index in [-0.39, 0.29) is 17.7 Å². The summed E-state index contributed by atoms with van der Waals surface area (Å²) < 4.78 is 1.38. The number of nitrogens with one attached hydrogen (secondary N) is 1. The number of benzene rings is 1. The monoisotopic (exact) mass is 393 g/mol. The van der Waals surface area contributed by atoms with Gasteiger partial charge in [0, 0.05) is 11.6 Å². The molecule has 1 aromatic carbocycles. The van der Waals surface area contributed by atoms with Crippen LogP contribution in [0.5, 0.6) is 0 Å². The molecule has 0 spiro atoms. The first-order chi connectivity index (χ1) is 12.5. The average molecular weight is 394 g/mol. The Morgan fingerprint density at radius 2 is 2.12 bits per heavy atom. The Hall–Kier alpha value is -1.73. The quantitative estimate of drug-likeness (QED) is 0.601. The molecule has 0 saturated heterocycles. The molecule has 1 fully saturated rings. The van der Waals surface area contributed by atoms with Crippen molar-refractivity contribution in [2.75, 3.05) is 11.6 Å². The molecule has 1 amide bonds. The highest BCUT2D eigenvalue weighted by molar-refractivity contribution is 7.99. The molecular weight excluding hydrogens is 370 g/mol. The molecule has 1 aliphatic rings. The van der Waals surface area contributed by atoms with Crippen LogP contribution >= 0.6 is 23.4 Å². The summed E-state index contributed by atoms with van der Waals surface area (Å²) in [6.45, 7) is 4.47. The van der Waals surface area contributed by atoms with Crippen LogP contribution in [0.25, 0.3) is 11.4 Å². The Morgan fingerprint density at radius 3 is 2.88 bits per heavy atom. The van der Waals surface area contributed by atoms with E-state index in [0.717, 1.165) is 6.42 Å². The highest BCUT2D eigenvalue weighted by Crippen LogP contribution is 2.30. The highest BCUT2D eigenvalue weighted by atomic mass is 35.5. The van der Waals surface area contributed by atoms with E-state index < -0.39 is 0 Å². The van der Waals surface area contributed by atoms with Gasteiger partial charge in [0.05, 0.1) is 10.8 Å². The van der Waals surface area contributed by atoms with Crippen LogP contribution < -0.4 is 11.2 Å². The molecule has 3 rings (SSSR count). The summed E-state index contributed by atoms with van der Waals surface area (Å²) in [5.74, 6) is 7.99. The fourth-order valence-corrected chi connectivity index (χ4v) is 4.25. The lowest BCUT2D eigenvalue weighted by molar-refractivity contribution is -0.120. The lowest BCUT2D eigenvalue weighted by Gasteiger charge is -2.34. The maximum Gasteiger partial charge on any atom is 0.230 e. The Labute approximate surface area is 162 Å². The lowest BCUT2D eigenvalue weighted by atomic mass is 9.78. The Morgan fingerprint density at radius 1 is 1.35 bits per heavy atom. The molecule has 2 aromatic rings. The minimum absolute atomic E-state index is 0.00300. The summed E-state index contributed by atoms with van der Waals surface area (Å²) in [6.07, 6.45) is 3.46. The van der Waals surface area contributed by atoms with Gasteiger partial charge in [-0.3, -0.25) is 4.79 Å². The van der Waals surface area contributed by atoms with Crippen molar-refractivity contribution in [3.63, 3.8) is 0 Å². The number of carbonyl (C=O) groups is 1. The van der Waals surface area contributed by atoms with E-state index in [1.54, 1.807) is 6.07 Å². The van der Waals surface area contributed by atoms with Gasteiger partial charge in [-0.15, -0.1) is 10.2 Å². The number of nitrogens with two attached hydrogens (primary N) is 1. The zero-order chi connectivity index (χ0) is 18.7. The van der Waals surface area contributed by atoms with E-state index in [2.05, 4.69) is 29.4 Å². The van der Waals surface area contributed by atoms with Gasteiger partial charge in [0.2, 0.25) is 11.1 Å².